The van der Waals surface area contributed by atoms with Gasteiger partial charge in [-0.2, -0.15) is 14.0 Å². The van der Waals surface area contributed by atoms with Crippen LogP contribution in [0.4, 0.5) is 23.2 Å². The molecule has 1 amide bonds. The number of anilines is 1. The Labute approximate surface area is 193 Å². The van der Waals surface area contributed by atoms with Crippen LogP contribution in [0, 0.1) is 23.0 Å². The van der Waals surface area contributed by atoms with Gasteiger partial charge < -0.3 is 26.9 Å². The lowest BCUT2D eigenvalue weighted by atomic mass is 10.0. The van der Waals surface area contributed by atoms with Crippen LogP contribution in [0.3, 0.4) is 0 Å². The predicted molar refractivity (Wildman–Crippen MR) is 116 cm³/mol. The molecule has 2 aromatic rings. The van der Waals surface area contributed by atoms with Gasteiger partial charge in [-0.05, 0) is 29.4 Å². The number of oxime groups is 1. The van der Waals surface area contributed by atoms with Gasteiger partial charge in [0.25, 0.3) is 5.92 Å². The number of nitrogens with one attached hydrogen (secondary N) is 2. The molecule has 178 valence electrons. The fourth-order valence-corrected chi connectivity index (χ4v) is 2.64. The van der Waals surface area contributed by atoms with Gasteiger partial charge in [-0.3, -0.25) is 4.79 Å². The minimum atomic E-state index is -3.50. The van der Waals surface area contributed by atoms with E-state index in [0.29, 0.717) is 6.07 Å². The van der Waals surface area contributed by atoms with Crippen LogP contribution in [-0.2, 0) is 22.0 Å². The average molecular weight is 489 g/mol. The van der Waals surface area contributed by atoms with Crippen molar-refractivity contribution in [3.63, 3.8) is 0 Å². The maximum absolute atomic E-state index is 14.9. The first kappa shape index (κ1) is 27.3. The highest BCUT2D eigenvalue weighted by Gasteiger charge is 2.32. The molecular weight excluding hydrogens is 468 g/mol. The number of carbonyl (C=O) groups excluding carboxylic acids is 1. The van der Waals surface area contributed by atoms with Crippen molar-refractivity contribution >= 4 is 30.0 Å². The second-order valence-electron chi connectivity index (χ2n) is 6.51. The van der Waals surface area contributed by atoms with Crippen LogP contribution in [0.5, 0.6) is 0 Å². The molecule has 0 radical (unpaired) electrons. The van der Waals surface area contributed by atoms with E-state index in [4.69, 9.17) is 11.5 Å². The summed E-state index contributed by atoms with van der Waals surface area (Å²) in [6.45, 7) is -1.10. The van der Waals surface area contributed by atoms with Gasteiger partial charge in [-0.1, -0.05) is 12.1 Å². The van der Waals surface area contributed by atoms with Gasteiger partial charge in [0, 0.05) is 11.1 Å². The molecule has 0 aliphatic rings. The highest BCUT2D eigenvalue weighted by Crippen LogP contribution is 2.30. The maximum atomic E-state index is 14.9. The van der Waals surface area contributed by atoms with Gasteiger partial charge >= 0.3 is 0 Å². The number of nitriles is 1. The van der Waals surface area contributed by atoms with Crippen molar-refractivity contribution in [2.45, 2.75) is 12.3 Å². The number of halogens is 5. The van der Waals surface area contributed by atoms with Gasteiger partial charge in [0.15, 0.2) is 5.82 Å². The smallest absolute Gasteiger partial charge is 0.290 e. The van der Waals surface area contributed by atoms with Crippen LogP contribution in [0.2, 0.25) is 0 Å². The number of benzene rings is 2. The SMILES string of the molecule is Cl.N#Cc1ccc(NCC(F)(F)c2cccc(F)c2)c(F)c1CC(=O)NCCON=C(N)N. The number of amides is 1. The number of nitrogens with two attached hydrogens (primary N) is 2. The van der Waals surface area contributed by atoms with Crippen LogP contribution < -0.4 is 22.1 Å². The van der Waals surface area contributed by atoms with Crippen molar-refractivity contribution in [3.05, 3.63) is 64.7 Å². The van der Waals surface area contributed by atoms with Crippen LogP contribution in [0.1, 0.15) is 16.7 Å². The van der Waals surface area contributed by atoms with E-state index in [9.17, 15) is 27.6 Å². The number of alkyl halides is 2. The third-order valence-electron chi connectivity index (χ3n) is 4.13. The second kappa shape index (κ2) is 12.4. The predicted octanol–water partition coefficient (Wildman–Crippen LogP) is 2.33. The average Bonchev–Trinajstić information content (AvgIpc) is 2.74. The minimum Gasteiger partial charge on any atom is -0.391 e. The summed E-state index contributed by atoms with van der Waals surface area (Å²) in [6, 6.07) is 7.97. The van der Waals surface area contributed by atoms with Crippen molar-refractivity contribution < 1.29 is 27.2 Å². The molecule has 0 spiro atoms. The Morgan fingerprint density at radius 1 is 1.21 bits per heavy atom. The molecule has 13 heteroatoms. The van der Waals surface area contributed by atoms with E-state index in [2.05, 4.69) is 20.6 Å². The Balaban J connectivity index is 0.00000544. The number of carbonyl (C=O) groups is 1. The van der Waals surface area contributed by atoms with Crippen LogP contribution in [0.15, 0.2) is 41.6 Å². The highest BCUT2D eigenvalue weighted by molar-refractivity contribution is 5.85. The summed E-state index contributed by atoms with van der Waals surface area (Å²) >= 11 is 0. The molecule has 0 heterocycles. The zero-order valence-electron chi connectivity index (χ0n) is 17.1. The molecule has 8 nitrogen and oxygen atoms in total. The molecule has 0 fully saturated rings. The monoisotopic (exact) mass is 488 g/mol. The third kappa shape index (κ3) is 8.04. The van der Waals surface area contributed by atoms with Gasteiger partial charge in [0.05, 0.1) is 36.8 Å². The summed E-state index contributed by atoms with van der Waals surface area (Å²) in [5, 5.41) is 17.1. The number of rotatable bonds is 10. The summed E-state index contributed by atoms with van der Waals surface area (Å²) in [4.78, 5) is 16.8. The van der Waals surface area contributed by atoms with Crippen molar-refractivity contribution in [1.82, 2.24) is 5.32 Å². The van der Waals surface area contributed by atoms with Gasteiger partial charge in [-0.15, -0.1) is 12.4 Å². The van der Waals surface area contributed by atoms with Crippen molar-refractivity contribution in [2.24, 2.45) is 16.6 Å². The molecule has 0 aromatic heterocycles. The first-order valence-electron chi connectivity index (χ1n) is 9.21. The van der Waals surface area contributed by atoms with E-state index in [1.807, 2.05) is 0 Å². The maximum Gasteiger partial charge on any atom is 0.290 e. The standard InChI is InChI=1S/C20H20F4N6O2.ClH/c21-14-3-1-2-13(8-14)20(23,24)11-29-16-5-4-12(10-25)15(18(16)22)9-17(31)28-6-7-32-30-19(26)27;/h1-5,8,29H,6-7,9,11H2,(H,28,31)(H4,26,27,30);1H. The lowest BCUT2D eigenvalue weighted by Crippen LogP contribution is -2.30. The molecule has 2 aromatic carbocycles. The minimum absolute atomic E-state index is 0. The first-order chi connectivity index (χ1) is 15.1. The molecule has 0 aliphatic carbocycles. The summed E-state index contributed by atoms with van der Waals surface area (Å²) in [5.41, 5.74) is 8.81. The zero-order valence-corrected chi connectivity index (χ0v) is 17.9. The summed E-state index contributed by atoms with van der Waals surface area (Å²) in [6.07, 6.45) is -0.521. The topological polar surface area (TPSA) is 139 Å². The van der Waals surface area contributed by atoms with Crippen LogP contribution >= 0.6 is 12.4 Å². The second-order valence-corrected chi connectivity index (χ2v) is 6.51. The summed E-state index contributed by atoms with van der Waals surface area (Å²) in [5.74, 6) is -6.30. The number of hydrogen-bond donors (Lipinski definition) is 4. The number of hydrogen-bond acceptors (Lipinski definition) is 5. The number of guanidine groups is 1. The fourth-order valence-electron chi connectivity index (χ4n) is 2.64. The summed E-state index contributed by atoms with van der Waals surface area (Å²) < 4.78 is 56.8. The first-order valence-corrected chi connectivity index (χ1v) is 9.21. The van der Waals surface area contributed by atoms with Gasteiger partial charge in [0.2, 0.25) is 11.9 Å². The van der Waals surface area contributed by atoms with E-state index in [0.717, 1.165) is 24.3 Å². The number of nitrogens with zero attached hydrogens (tertiary/aromatic N) is 2. The van der Waals surface area contributed by atoms with Gasteiger partial charge in [0.1, 0.15) is 12.4 Å². The Kier molecular flexibility index (Phi) is 10.2. The molecule has 0 saturated carbocycles. The van der Waals surface area contributed by atoms with Crippen LogP contribution in [0.25, 0.3) is 0 Å². The van der Waals surface area contributed by atoms with Crippen molar-refractivity contribution in [2.75, 3.05) is 25.0 Å². The molecule has 33 heavy (non-hydrogen) atoms. The van der Waals surface area contributed by atoms with E-state index < -0.39 is 42.0 Å². The Morgan fingerprint density at radius 3 is 2.58 bits per heavy atom. The largest absolute Gasteiger partial charge is 0.391 e. The molecular formula is C20H21ClF4N6O2. The lowest BCUT2D eigenvalue weighted by molar-refractivity contribution is -0.120. The Hall–Kier alpha value is -3.72. The third-order valence-corrected chi connectivity index (χ3v) is 4.13. The van der Waals surface area contributed by atoms with Crippen LogP contribution in [-0.4, -0.2) is 31.6 Å². The molecule has 6 N–H and O–H groups in total. The van der Waals surface area contributed by atoms with Gasteiger partial charge in [-0.25, -0.2) is 8.78 Å². The van der Waals surface area contributed by atoms with Crippen molar-refractivity contribution in [3.8, 4) is 6.07 Å². The highest BCUT2D eigenvalue weighted by atomic mass is 35.5. The quantitative estimate of drug-likeness (QED) is 0.133. The van der Waals surface area contributed by atoms with E-state index >= 15 is 0 Å². The molecule has 0 atom stereocenters. The zero-order chi connectivity index (χ0) is 23.7. The Bertz CT molecular complexity index is 1040. The molecule has 0 bridgehead atoms. The van der Waals surface area contributed by atoms with E-state index in [-0.39, 0.29) is 48.3 Å². The molecule has 0 unspecified atom stereocenters. The van der Waals surface area contributed by atoms with Crippen molar-refractivity contribution in [1.29, 1.82) is 5.26 Å². The summed E-state index contributed by atoms with van der Waals surface area (Å²) in [7, 11) is 0. The molecule has 0 saturated heterocycles. The Morgan fingerprint density at radius 2 is 1.94 bits per heavy atom. The normalized spacial score (nSPS) is 10.4. The fraction of sp³-hybridized carbons (Fsp3) is 0.250. The van der Waals surface area contributed by atoms with E-state index in [1.165, 1.54) is 6.07 Å². The van der Waals surface area contributed by atoms with E-state index in [1.54, 1.807) is 6.07 Å². The molecule has 0 aliphatic heterocycles. The lowest BCUT2D eigenvalue weighted by Gasteiger charge is -2.19. The molecule has 2 rings (SSSR count).